The van der Waals surface area contributed by atoms with Crippen molar-refractivity contribution < 1.29 is 27.6 Å². The third kappa shape index (κ3) is 5.11. The van der Waals surface area contributed by atoms with Crippen molar-refractivity contribution in [2.24, 2.45) is 0 Å². The van der Waals surface area contributed by atoms with E-state index in [1.54, 1.807) is 6.92 Å². The summed E-state index contributed by atoms with van der Waals surface area (Å²) in [6.45, 7) is 6.36. The molecule has 1 aromatic rings. The van der Waals surface area contributed by atoms with E-state index in [0.29, 0.717) is 6.54 Å². The van der Waals surface area contributed by atoms with Gasteiger partial charge in [0.2, 0.25) is 11.8 Å². The lowest BCUT2D eigenvalue weighted by Gasteiger charge is -2.35. The number of carbonyl (C=O) groups is 3. The summed E-state index contributed by atoms with van der Waals surface area (Å²) in [6, 6.07) is 4.29. The molecule has 0 bridgehead atoms. The Morgan fingerprint density at radius 1 is 1.14 bits per heavy atom. The highest BCUT2D eigenvalue weighted by Crippen LogP contribution is 2.29. The molecule has 1 saturated heterocycles. The van der Waals surface area contributed by atoms with Gasteiger partial charge < -0.3 is 14.7 Å². The van der Waals surface area contributed by atoms with Gasteiger partial charge in [-0.25, -0.2) is 0 Å². The first-order valence-corrected chi connectivity index (χ1v) is 8.83. The van der Waals surface area contributed by atoms with Crippen LogP contribution in [-0.2, 0) is 15.8 Å². The van der Waals surface area contributed by atoms with Gasteiger partial charge in [0.25, 0.3) is 5.91 Å². The van der Waals surface area contributed by atoms with Gasteiger partial charge in [-0.3, -0.25) is 14.4 Å². The topological polar surface area (TPSA) is 60.9 Å². The van der Waals surface area contributed by atoms with Crippen molar-refractivity contribution in [2.75, 3.05) is 39.3 Å². The Kier molecular flexibility index (Phi) is 6.82. The monoisotopic (exact) mass is 397 g/mol. The molecule has 1 fully saturated rings. The number of benzene rings is 1. The quantitative estimate of drug-likeness (QED) is 0.715. The first-order chi connectivity index (χ1) is 13.2. The van der Waals surface area contributed by atoms with Crippen LogP contribution in [0, 0.1) is 0 Å². The number of piperazine rings is 1. The lowest BCUT2D eigenvalue weighted by Crippen LogP contribution is -2.53. The third-order valence-electron chi connectivity index (χ3n) is 4.55. The van der Waals surface area contributed by atoms with E-state index in [1.807, 2.05) is 0 Å². The van der Waals surface area contributed by atoms with Gasteiger partial charge in [0.05, 0.1) is 12.1 Å². The Hall–Kier alpha value is -2.84. The summed E-state index contributed by atoms with van der Waals surface area (Å²) in [7, 11) is 0. The number of hydrogen-bond donors (Lipinski definition) is 0. The van der Waals surface area contributed by atoms with E-state index in [2.05, 4.69) is 6.58 Å². The van der Waals surface area contributed by atoms with Crippen LogP contribution in [0.4, 0.5) is 13.2 Å². The molecule has 1 aliphatic heterocycles. The number of nitrogens with zero attached hydrogens (tertiary/aromatic N) is 3. The van der Waals surface area contributed by atoms with Gasteiger partial charge in [0.15, 0.2) is 0 Å². The Labute approximate surface area is 161 Å². The van der Waals surface area contributed by atoms with Gasteiger partial charge in [0, 0.05) is 38.3 Å². The van der Waals surface area contributed by atoms with E-state index in [-0.39, 0.29) is 50.1 Å². The van der Waals surface area contributed by atoms with E-state index < -0.39 is 17.6 Å². The minimum atomic E-state index is -4.52. The van der Waals surface area contributed by atoms with E-state index >= 15 is 0 Å². The Morgan fingerprint density at radius 2 is 1.75 bits per heavy atom. The standard InChI is InChI=1S/C19H22F3N3O3/c1-3-16(26)23(4-2)13-17(27)24-8-10-25(11-9-24)18(28)14-6-5-7-15(12-14)19(20,21)22/h3,5-7,12H,1,4,8-11,13H2,2H3. The number of likely N-dealkylation sites (N-methyl/N-ethyl adjacent to an activating group) is 1. The van der Waals surface area contributed by atoms with Gasteiger partial charge in [-0.15, -0.1) is 0 Å². The fourth-order valence-corrected chi connectivity index (χ4v) is 2.91. The highest BCUT2D eigenvalue weighted by molar-refractivity contribution is 5.95. The van der Waals surface area contributed by atoms with Gasteiger partial charge in [0.1, 0.15) is 0 Å². The number of rotatable bonds is 5. The molecule has 2 rings (SSSR count). The number of hydrogen-bond acceptors (Lipinski definition) is 3. The second kappa shape index (κ2) is 8.90. The molecule has 0 radical (unpaired) electrons. The van der Waals surface area contributed by atoms with Crippen molar-refractivity contribution in [1.82, 2.24) is 14.7 Å². The number of alkyl halides is 3. The highest BCUT2D eigenvalue weighted by atomic mass is 19.4. The van der Waals surface area contributed by atoms with Gasteiger partial charge in [-0.2, -0.15) is 13.2 Å². The van der Waals surface area contributed by atoms with Crippen molar-refractivity contribution in [3.05, 3.63) is 48.0 Å². The maximum absolute atomic E-state index is 12.8. The zero-order valence-electron chi connectivity index (χ0n) is 15.5. The largest absolute Gasteiger partial charge is 0.416 e. The summed E-state index contributed by atoms with van der Waals surface area (Å²) in [5.74, 6) is -1.09. The molecule has 28 heavy (non-hydrogen) atoms. The lowest BCUT2D eigenvalue weighted by atomic mass is 10.1. The molecule has 0 spiro atoms. The molecule has 6 nitrogen and oxygen atoms in total. The summed E-state index contributed by atoms with van der Waals surface area (Å²) in [4.78, 5) is 40.8. The predicted octanol–water partition coefficient (Wildman–Crippen LogP) is 2.02. The SMILES string of the molecule is C=CC(=O)N(CC)CC(=O)N1CCN(C(=O)c2cccc(C(F)(F)F)c2)CC1. The Bertz CT molecular complexity index is 756. The maximum Gasteiger partial charge on any atom is 0.416 e. The molecule has 1 aromatic carbocycles. The molecule has 0 aliphatic carbocycles. The average molecular weight is 397 g/mol. The Balaban J connectivity index is 1.96. The summed E-state index contributed by atoms with van der Waals surface area (Å²) < 4.78 is 38.5. The first kappa shape index (κ1) is 21.5. The molecular weight excluding hydrogens is 375 g/mol. The van der Waals surface area contributed by atoms with Crippen molar-refractivity contribution in [3.8, 4) is 0 Å². The molecular formula is C19H22F3N3O3. The van der Waals surface area contributed by atoms with Crippen molar-refractivity contribution in [2.45, 2.75) is 13.1 Å². The van der Waals surface area contributed by atoms with Crippen LogP contribution in [0.5, 0.6) is 0 Å². The average Bonchev–Trinajstić information content (AvgIpc) is 2.70. The smallest absolute Gasteiger partial charge is 0.338 e. The number of halogens is 3. The van der Waals surface area contributed by atoms with E-state index in [4.69, 9.17) is 0 Å². The van der Waals surface area contributed by atoms with E-state index in [1.165, 1.54) is 26.8 Å². The molecule has 1 aliphatic rings. The van der Waals surface area contributed by atoms with Crippen molar-refractivity contribution in [1.29, 1.82) is 0 Å². The minimum Gasteiger partial charge on any atom is -0.338 e. The van der Waals surface area contributed by atoms with Crippen LogP contribution < -0.4 is 0 Å². The molecule has 0 N–H and O–H groups in total. The molecule has 0 atom stereocenters. The summed E-state index contributed by atoms with van der Waals surface area (Å²) >= 11 is 0. The van der Waals surface area contributed by atoms with E-state index in [0.717, 1.165) is 18.2 Å². The van der Waals surface area contributed by atoms with Crippen molar-refractivity contribution in [3.63, 3.8) is 0 Å². The third-order valence-corrected chi connectivity index (χ3v) is 4.55. The highest BCUT2D eigenvalue weighted by Gasteiger charge is 2.32. The number of amides is 3. The van der Waals surface area contributed by atoms with Crippen LogP contribution in [0.1, 0.15) is 22.8 Å². The molecule has 1 heterocycles. The molecule has 3 amide bonds. The van der Waals surface area contributed by atoms with Gasteiger partial charge in [-0.1, -0.05) is 12.6 Å². The first-order valence-electron chi connectivity index (χ1n) is 8.83. The van der Waals surface area contributed by atoms with Crippen LogP contribution >= 0.6 is 0 Å². The number of carbonyl (C=O) groups excluding carboxylic acids is 3. The van der Waals surface area contributed by atoms with Crippen LogP contribution in [0.25, 0.3) is 0 Å². The van der Waals surface area contributed by atoms with Crippen LogP contribution in [0.3, 0.4) is 0 Å². The molecule has 0 unspecified atom stereocenters. The molecule has 152 valence electrons. The normalized spacial score (nSPS) is 14.6. The molecule has 9 heteroatoms. The summed E-state index contributed by atoms with van der Waals surface area (Å²) in [6.07, 6.45) is -3.38. The maximum atomic E-state index is 12.8. The van der Waals surface area contributed by atoms with Gasteiger partial charge >= 0.3 is 6.18 Å². The minimum absolute atomic E-state index is 0.0386. The summed E-state index contributed by atoms with van der Waals surface area (Å²) in [5, 5.41) is 0. The molecule has 0 aromatic heterocycles. The zero-order valence-corrected chi connectivity index (χ0v) is 15.5. The zero-order chi connectivity index (χ0) is 20.9. The second-order valence-corrected chi connectivity index (χ2v) is 6.31. The fraction of sp³-hybridized carbons (Fsp3) is 0.421. The Morgan fingerprint density at radius 3 is 2.29 bits per heavy atom. The second-order valence-electron chi connectivity index (χ2n) is 6.31. The van der Waals surface area contributed by atoms with Gasteiger partial charge in [-0.05, 0) is 31.2 Å². The van der Waals surface area contributed by atoms with Crippen LogP contribution in [0.2, 0.25) is 0 Å². The molecule has 0 saturated carbocycles. The van der Waals surface area contributed by atoms with E-state index in [9.17, 15) is 27.6 Å². The lowest BCUT2D eigenvalue weighted by molar-refractivity contribution is -0.139. The predicted molar refractivity (Wildman–Crippen MR) is 96.4 cm³/mol. The van der Waals surface area contributed by atoms with Crippen molar-refractivity contribution >= 4 is 17.7 Å². The summed E-state index contributed by atoms with van der Waals surface area (Å²) in [5.41, 5.74) is -0.915. The van der Waals surface area contributed by atoms with Crippen LogP contribution in [0.15, 0.2) is 36.9 Å². The van der Waals surface area contributed by atoms with Crippen LogP contribution in [-0.4, -0.2) is 71.7 Å². The fourth-order valence-electron chi connectivity index (χ4n) is 2.91.